The quantitative estimate of drug-likeness (QED) is 0.483. The van der Waals surface area contributed by atoms with Crippen LogP contribution in [0.1, 0.15) is 37.0 Å². The number of nitrogens with zero attached hydrogens (tertiary/aromatic N) is 1. The second-order valence-corrected chi connectivity index (χ2v) is 9.73. The molecule has 0 radical (unpaired) electrons. The average molecular weight is 494 g/mol. The number of hydrogen-bond donors (Lipinski definition) is 4. The van der Waals surface area contributed by atoms with Crippen molar-refractivity contribution in [3.8, 4) is 5.75 Å². The third-order valence-electron chi connectivity index (χ3n) is 5.42. The second kappa shape index (κ2) is 10.4. The fourth-order valence-electron chi connectivity index (χ4n) is 3.58. The molecule has 1 heterocycles. The molecule has 2 aromatic rings. The Bertz CT molecular complexity index is 996. The minimum atomic E-state index is -3.67. The van der Waals surface area contributed by atoms with Gasteiger partial charge in [-0.3, -0.25) is 9.45 Å². The first-order chi connectivity index (χ1) is 14.7. The molecule has 0 bridgehead atoms. The van der Waals surface area contributed by atoms with E-state index in [0.717, 1.165) is 17.7 Å². The van der Waals surface area contributed by atoms with Crippen molar-refractivity contribution in [2.45, 2.75) is 37.5 Å². The molecule has 3 rings (SSSR count). The van der Waals surface area contributed by atoms with E-state index in [-0.39, 0.29) is 5.56 Å². The maximum Gasteiger partial charge on any atom is 0.261 e. The number of piperidine rings is 1. The number of rotatable bonds is 4. The average Bonchev–Trinajstić information content (AvgIpc) is 2.70. The smallest absolute Gasteiger partial charge is 0.261 e. The van der Waals surface area contributed by atoms with Crippen molar-refractivity contribution in [2.24, 2.45) is 0 Å². The summed E-state index contributed by atoms with van der Waals surface area (Å²) in [7, 11) is -3.67. The summed E-state index contributed by atoms with van der Waals surface area (Å²) in [4.78, 5) is 1.97. The van der Waals surface area contributed by atoms with Gasteiger partial charge in [0.15, 0.2) is 17.4 Å². The molecule has 2 atom stereocenters. The van der Waals surface area contributed by atoms with Gasteiger partial charge in [-0.05, 0) is 55.2 Å². The van der Waals surface area contributed by atoms with Crippen LogP contribution in [0.4, 0.5) is 8.78 Å². The van der Waals surface area contributed by atoms with Gasteiger partial charge in [0.25, 0.3) is 10.1 Å². The van der Waals surface area contributed by atoms with E-state index in [1.807, 2.05) is 4.90 Å². The van der Waals surface area contributed by atoms with Crippen molar-refractivity contribution >= 4 is 21.7 Å². The lowest BCUT2D eigenvalue weighted by Crippen LogP contribution is -2.47. The molecule has 11 heteroatoms. The van der Waals surface area contributed by atoms with E-state index in [0.29, 0.717) is 37.2 Å². The number of phenolic OH excluding ortho intramolecular Hbond substituents is 1. The van der Waals surface area contributed by atoms with Crippen molar-refractivity contribution in [3.63, 3.8) is 0 Å². The molecule has 7 nitrogen and oxygen atoms in total. The van der Waals surface area contributed by atoms with Crippen LogP contribution >= 0.6 is 11.6 Å². The Morgan fingerprint density at radius 1 is 1.09 bits per heavy atom. The van der Waals surface area contributed by atoms with Crippen molar-refractivity contribution < 1.29 is 37.1 Å². The molecule has 1 saturated heterocycles. The highest BCUT2D eigenvalue weighted by atomic mass is 35.5. The molecule has 0 unspecified atom stereocenters. The molecule has 4 N–H and O–H groups in total. The number of likely N-dealkylation sites (tertiary alicyclic amines) is 1. The van der Waals surface area contributed by atoms with Crippen LogP contribution < -0.4 is 0 Å². The summed E-state index contributed by atoms with van der Waals surface area (Å²) in [5.74, 6) is -3.26. The first-order valence-corrected chi connectivity index (χ1v) is 11.9. The molecule has 1 aliphatic heterocycles. The highest BCUT2D eigenvalue weighted by Crippen LogP contribution is 2.36. The van der Waals surface area contributed by atoms with Crippen LogP contribution in [0.25, 0.3) is 0 Å². The first kappa shape index (κ1) is 26.4. The second-order valence-electron chi connectivity index (χ2n) is 7.83. The zero-order valence-corrected chi connectivity index (χ0v) is 19.1. The molecule has 1 aliphatic rings. The van der Waals surface area contributed by atoms with E-state index in [4.69, 9.17) is 16.2 Å². The highest BCUT2D eigenvalue weighted by Gasteiger charge is 2.36. The van der Waals surface area contributed by atoms with E-state index in [9.17, 15) is 32.5 Å². The number of phenols is 1. The van der Waals surface area contributed by atoms with E-state index in [1.54, 1.807) is 31.2 Å². The van der Waals surface area contributed by atoms with Crippen molar-refractivity contribution in [1.29, 1.82) is 0 Å². The lowest BCUT2D eigenvalue weighted by Gasteiger charge is -2.42. The summed E-state index contributed by atoms with van der Waals surface area (Å²) in [5.41, 5.74) is -0.112. The topological polar surface area (TPSA) is 118 Å². The summed E-state index contributed by atoms with van der Waals surface area (Å²) in [6.45, 7) is 2.79. The molecule has 0 spiro atoms. The zero-order chi connectivity index (χ0) is 24.3. The summed E-state index contributed by atoms with van der Waals surface area (Å²) >= 11 is 5.90. The molecule has 32 heavy (non-hydrogen) atoms. The SMILES string of the molecule is CS(=O)(=O)O.C[C@H]([C@H](O)c1cc(F)c(O)c(F)c1)N1CCC(O)(c2ccc(Cl)cc2)CC1. The summed E-state index contributed by atoms with van der Waals surface area (Å²) < 4.78 is 53.0. The van der Waals surface area contributed by atoms with Crippen LogP contribution in [-0.2, 0) is 15.7 Å². The molecule has 1 fully saturated rings. The number of benzene rings is 2. The van der Waals surface area contributed by atoms with Gasteiger partial charge in [-0.15, -0.1) is 0 Å². The Morgan fingerprint density at radius 3 is 1.97 bits per heavy atom. The third-order valence-corrected chi connectivity index (χ3v) is 5.67. The summed E-state index contributed by atoms with van der Waals surface area (Å²) in [5, 5.41) is 31.3. The Morgan fingerprint density at radius 2 is 1.53 bits per heavy atom. The molecular weight excluding hydrogens is 468 g/mol. The van der Waals surface area contributed by atoms with Crippen LogP contribution in [0.15, 0.2) is 36.4 Å². The monoisotopic (exact) mass is 493 g/mol. The van der Waals surface area contributed by atoms with Gasteiger partial charge >= 0.3 is 0 Å². The van der Waals surface area contributed by atoms with Gasteiger partial charge in [-0.2, -0.15) is 8.42 Å². The number of aromatic hydroxyl groups is 1. The van der Waals surface area contributed by atoms with E-state index < -0.39 is 45.2 Å². The maximum atomic E-state index is 13.6. The van der Waals surface area contributed by atoms with Crippen LogP contribution in [-0.4, -0.2) is 58.6 Å². The number of halogens is 3. The van der Waals surface area contributed by atoms with E-state index in [2.05, 4.69) is 0 Å². The van der Waals surface area contributed by atoms with Crippen molar-refractivity contribution in [1.82, 2.24) is 4.90 Å². The minimum absolute atomic E-state index is 0.0637. The molecule has 178 valence electrons. The normalized spacial score (nSPS) is 18.4. The predicted molar refractivity (Wildman–Crippen MR) is 116 cm³/mol. The number of aliphatic hydroxyl groups excluding tert-OH is 1. The van der Waals surface area contributed by atoms with Crippen molar-refractivity contribution in [2.75, 3.05) is 19.3 Å². The van der Waals surface area contributed by atoms with Gasteiger partial charge in [0.1, 0.15) is 0 Å². The van der Waals surface area contributed by atoms with Gasteiger partial charge in [0.05, 0.1) is 18.0 Å². The fourth-order valence-corrected chi connectivity index (χ4v) is 3.71. The molecule has 2 aromatic carbocycles. The summed E-state index contributed by atoms with van der Waals surface area (Å²) in [6, 6.07) is 8.55. The van der Waals surface area contributed by atoms with Crippen LogP contribution in [0.2, 0.25) is 5.02 Å². The predicted octanol–water partition coefficient (Wildman–Crippen LogP) is 3.23. The Hall–Kier alpha value is -1.82. The first-order valence-electron chi connectivity index (χ1n) is 9.72. The Labute approximate surface area is 190 Å². The summed E-state index contributed by atoms with van der Waals surface area (Å²) in [6.07, 6.45) is 0.511. The van der Waals surface area contributed by atoms with E-state index in [1.165, 1.54) is 0 Å². The van der Waals surface area contributed by atoms with Gasteiger partial charge in [0.2, 0.25) is 0 Å². The minimum Gasteiger partial charge on any atom is -0.503 e. The van der Waals surface area contributed by atoms with Gasteiger partial charge in [-0.1, -0.05) is 23.7 Å². The number of aliphatic hydroxyl groups is 2. The zero-order valence-electron chi connectivity index (χ0n) is 17.5. The van der Waals surface area contributed by atoms with Gasteiger partial charge in [0, 0.05) is 24.2 Å². The lowest BCUT2D eigenvalue weighted by molar-refractivity contribution is -0.0502. The Balaban J connectivity index is 0.000000654. The van der Waals surface area contributed by atoms with Gasteiger partial charge < -0.3 is 15.3 Å². The molecule has 0 amide bonds. The lowest BCUT2D eigenvalue weighted by atomic mass is 9.83. The molecule has 0 aromatic heterocycles. The fraction of sp³-hybridized carbons (Fsp3) is 0.429. The van der Waals surface area contributed by atoms with E-state index >= 15 is 0 Å². The third kappa shape index (κ3) is 7.09. The van der Waals surface area contributed by atoms with Gasteiger partial charge in [-0.25, -0.2) is 8.78 Å². The molecular formula is C21H26ClF2NO6S. The Kier molecular flexibility index (Phi) is 8.60. The highest BCUT2D eigenvalue weighted by molar-refractivity contribution is 7.85. The van der Waals surface area contributed by atoms with Crippen LogP contribution in [0.3, 0.4) is 0 Å². The number of hydrogen-bond acceptors (Lipinski definition) is 6. The molecule has 0 aliphatic carbocycles. The standard InChI is InChI=1S/C20H22ClF2NO3.CH4O3S/c1-12(18(25)13-10-16(22)19(26)17(23)11-13)24-8-6-20(27,7-9-24)14-2-4-15(21)5-3-14;1-5(2,3)4/h2-5,10-12,18,25-27H,6-9H2,1H3;1H3,(H,2,3,4)/t12-,18+;/m1./s1. The largest absolute Gasteiger partial charge is 0.503 e. The van der Waals surface area contributed by atoms with Crippen LogP contribution in [0.5, 0.6) is 5.75 Å². The molecule has 0 saturated carbocycles. The van der Waals surface area contributed by atoms with Crippen LogP contribution in [0, 0.1) is 11.6 Å². The van der Waals surface area contributed by atoms with Crippen molar-refractivity contribution in [3.05, 3.63) is 64.2 Å². The maximum absolute atomic E-state index is 13.6.